The van der Waals surface area contributed by atoms with Crippen LogP contribution in [-0.4, -0.2) is 52.1 Å². The number of alkyl halides is 1. The highest BCUT2D eigenvalue weighted by Gasteiger charge is 2.33. The zero-order chi connectivity index (χ0) is 18.1. The van der Waals surface area contributed by atoms with E-state index < -0.39 is 6.17 Å². The summed E-state index contributed by atoms with van der Waals surface area (Å²) in [6.45, 7) is 4.70. The SMILES string of the molecule is Cc1ncsc1CN1C[C@@H](F)C[C@H]1CN(C)Cc1nc2ccccc2o1. The van der Waals surface area contributed by atoms with Crippen LogP contribution < -0.4 is 0 Å². The molecule has 26 heavy (non-hydrogen) atoms. The van der Waals surface area contributed by atoms with Crippen LogP contribution in [-0.2, 0) is 13.1 Å². The van der Waals surface area contributed by atoms with Crippen LogP contribution in [0.25, 0.3) is 11.1 Å². The smallest absolute Gasteiger partial charge is 0.209 e. The third kappa shape index (κ3) is 3.79. The van der Waals surface area contributed by atoms with Crippen LogP contribution >= 0.6 is 11.3 Å². The highest BCUT2D eigenvalue weighted by atomic mass is 32.1. The molecule has 1 aromatic carbocycles. The van der Waals surface area contributed by atoms with Crippen molar-refractivity contribution in [2.75, 3.05) is 20.1 Å². The molecule has 0 spiro atoms. The predicted molar refractivity (Wildman–Crippen MR) is 101 cm³/mol. The number of hydrogen-bond acceptors (Lipinski definition) is 6. The largest absolute Gasteiger partial charge is 0.439 e. The maximum atomic E-state index is 14.1. The van der Waals surface area contributed by atoms with E-state index in [1.807, 2.05) is 43.7 Å². The number of nitrogens with zero attached hydrogens (tertiary/aromatic N) is 4. The fraction of sp³-hybridized carbons (Fsp3) is 0.474. The molecule has 3 aromatic rings. The first-order valence-electron chi connectivity index (χ1n) is 8.88. The molecule has 1 aliphatic rings. The number of aromatic nitrogens is 2. The Kier molecular flexibility index (Phi) is 5.02. The first kappa shape index (κ1) is 17.6. The van der Waals surface area contributed by atoms with E-state index in [2.05, 4.69) is 19.8 Å². The molecule has 4 rings (SSSR count). The van der Waals surface area contributed by atoms with Gasteiger partial charge in [0.25, 0.3) is 0 Å². The summed E-state index contributed by atoms with van der Waals surface area (Å²) in [5.41, 5.74) is 4.60. The second kappa shape index (κ2) is 7.42. The summed E-state index contributed by atoms with van der Waals surface area (Å²) in [6.07, 6.45) is -0.179. The van der Waals surface area contributed by atoms with Gasteiger partial charge in [0.2, 0.25) is 5.89 Å². The Morgan fingerprint density at radius 3 is 3.00 bits per heavy atom. The molecular weight excluding hydrogens is 351 g/mol. The van der Waals surface area contributed by atoms with Crippen LogP contribution in [0.15, 0.2) is 34.2 Å². The zero-order valence-corrected chi connectivity index (χ0v) is 15.9. The van der Waals surface area contributed by atoms with Crippen molar-refractivity contribution in [2.24, 2.45) is 0 Å². The predicted octanol–water partition coefficient (Wildman–Crippen LogP) is 3.64. The van der Waals surface area contributed by atoms with E-state index in [0.717, 1.165) is 29.9 Å². The van der Waals surface area contributed by atoms with E-state index in [1.165, 1.54) is 4.88 Å². The van der Waals surface area contributed by atoms with Crippen LogP contribution in [0.4, 0.5) is 4.39 Å². The molecule has 3 heterocycles. The summed E-state index contributed by atoms with van der Waals surface area (Å²) in [5.74, 6) is 0.702. The summed E-state index contributed by atoms with van der Waals surface area (Å²) in [6, 6.07) is 7.97. The number of halogens is 1. The fourth-order valence-electron chi connectivity index (χ4n) is 3.61. The fourth-order valence-corrected chi connectivity index (χ4v) is 4.41. The third-order valence-electron chi connectivity index (χ3n) is 4.93. The van der Waals surface area contributed by atoms with E-state index in [-0.39, 0.29) is 6.04 Å². The van der Waals surface area contributed by atoms with Gasteiger partial charge in [0, 0.05) is 30.6 Å². The molecule has 5 nitrogen and oxygen atoms in total. The van der Waals surface area contributed by atoms with Gasteiger partial charge in [0.15, 0.2) is 5.58 Å². The average molecular weight is 374 g/mol. The first-order chi connectivity index (χ1) is 12.6. The van der Waals surface area contributed by atoms with E-state index >= 15 is 0 Å². The summed E-state index contributed by atoms with van der Waals surface area (Å²) in [5, 5.41) is 0. The Balaban J connectivity index is 1.40. The maximum Gasteiger partial charge on any atom is 0.209 e. The molecule has 0 radical (unpaired) electrons. The van der Waals surface area contributed by atoms with Crippen molar-refractivity contribution < 1.29 is 8.81 Å². The molecule has 0 saturated carbocycles. The van der Waals surface area contributed by atoms with Gasteiger partial charge in [0.05, 0.1) is 17.7 Å². The van der Waals surface area contributed by atoms with Crippen LogP contribution in [0.3, 0.4) is 0 Å². The van der Waals surface area contributed by atoms with Crippen molar-refractivity contribution in [3.8, 4) is 0 Å². The topological polar surface area (TPSA) is 45.4 Å². The standard InChI is InChI=1S/C19H23FN4OS/c1-13-18(26-12-21-13)10-24-8-14(20)7-15(24)9-23(2)11-19-22-16-5-3-4-6-17(16)25-19/h3-6,12,14-15H,7-11H2,1-2H3/t14-,15-/m0/s1. The number of hydrogen-bond donors (Lipinski definition) is 0. The Morgan fingerprint density at radius 2 is 2.23 bits per heavy atom. The molecule has 2 aromatic heterocycles. The van der Waals surface area contributed by atoms with Crippen LogP contribution in [0.1, 0.15) is 22.9 Å². The van der Waals surface area contributed by atoms with Gasteiger partial charge in [-0.1, -0.05) is 12.1 Å². The first-order valence-corrected chi connectivity index (χ1v) is 9.76. The molecule has 7 heteroatoms. The minimum absolute atomic E-state index is 0.195. The number of fused-ring (bicyclic) bond motifs is 1. The monoisotopic (exact) mass is 374 g/mol. The number of oxazole rings is 1. The molecule has 0 aliphatic carbocycles. The number of aryl methyl sites for hydroxylation is 1. The van der Waals surface area contributed by atoms with E-state index in [0.29, 0.717) is 25.4 Å². The lowest BCUT2D eigenvalue weighted by Crippen LogP contribution is -2.38. The lowest BCUT2D eigenvalue weighted by Gasteiger charge is -2.27. The summed E-state index contributed by atoms with van der Waals surface area (Å²) >= 11 is 1.65. The third-order valence-corrected chi connectivity index (χ3v) is 5.85. The Morgan fingerprint density at radius 1 is 1.38 bits per heavy atom. The minimum atomic E-state index is -0.758. The highest BCUT2D eigenvalue weighted by molar-refractivity contribution is 7.09. The van der Waals surface area contributed by atoms with Gasteiger partial charge in [-0.15, -0.1) is 11.3 Å². The van der Waals surface area contributed by atoms with Crippen molar-refractivity contribution >= 4 is 22.4 Å². The number of thiazole rings is 1. The molecule has 2 atom stereocenters. The number of para-hydroxylation sites is 2. The van der Waals surface area contributed by atoms with Gasteiger partial charge in [-0.05, 0) is 32.5 Å². The molecule has 138 valence electrons. The molecule has 0 bridgehead atoms. The van der Waals surface area contributed by atoms with Crippen molar-refractivity contribution in [3.05, 3.63) is 46.2 Å². The van der Waals surface area contributed by atoms with Gasteiger partial charge in [-0.2, -0.15) is 0 Å². The summed E-state index contributed by atoms with van der Waals surface area (Å²) < 4.78 is 19.9. The van der Waals surface area contributed by atoms with Crippen LogP contribution in [0.5, 0.6) is 0 Å². The van der Waals surface area contributed by atoms with Gasteiger partial charge < -0.3 is 4.42 Å². The maximum absolute atomic E-state index is 14.1. The van der Waals surface area contributed by atoms with E-state index in [4.69, 9.17) is 4.42 Å². The molecular formula is C19H23FN4OS. The molecule has 1 aliphatic heterocycles. The summed E-state index contributed by atoms with van der Waals surface area (Å²) in [4.78, 5) is 14.5. The van der Waals surface area contributed by atoms with Crippen molar-refractivity contribution in [2.45, 2.75) is 38.6 Å². The quantitative estimate of drug-likeness (QED) is 0.659. The van der Waals surface area contributed by atoms with Gasteiger partial charge in [0.1, 0.15) is 11.7 Å². The Bertz CT molecular complexity index is 846. The normalized spacial score (nSPS) is 21.2. The van der Waals surface area contributed by atoms with Crippen LogP contribution in [0.2, 0.25) is 0 Å². The molecule has 1 fully saturated rings. The van der Waals surface area contributed by atoms with Crippen molar-refractivity contribution in [1.29, 1.82) is 0 Å². The van der Waals surface area contributed by atoms with Crippen molar-refractivity contribution in [1.82, 2.24) is 19.8 Å². The second-order valence-corrected chi connectivity index (χ2v) is 7.99. The minimum Gasteiger partial charge on any atom is -0.439 e. The molecule has 0 amide bonds. The van der Waals surface area contributed by atoms with E-state index in [1.54, 1.807) is 11.3 Å². The molecule has 0 unspecified atom stereocenters. The molecule has 1 saturated heterocycles. The summed E-state index contributed by atoms with van der Waals surface area (Å²) in [7, 11) is 2.04. The number of likely N-dealkylation sites (N-methyl/N-ethyl adjacent to an activating group) is 1. The van der Waals surface area contributed by atoms with Gasteiger partial charge in [-0.25, -0.2) is 14.4 Å². The lowest BCUT2D eigenvalue weighted by molar-refractivity contribution is 0.175. The van der Waals surface area contributed by atoms with Crippen molar-refractivity contribution in [3.63, 3.8) is 0 Å². The zero-order valence-electron chi connectivity index (χ0n) is 15.1. The number of benzene rings is 1. The highest BCUT2D eigenvalue weighted by Crippen LogP contribution is 2.26. The number of likely N-dealkylation sites (tertiary alicyclic amines) is 1. The number of rotatable bonds is 6. The van der Waals surface area contributed by atoms with E-state index in [9.17, 15) is 4.39 Å². The van der Waals surface area contributed by atoms with Gasteiger partial charge in [-0.3, -0.25) is 9.80 Å². The lowest BCUT2D eigenvalue weighted by atomic mass is 10.2. The second-order valence-electron chi connectivity index (χ2n) is 7.05. The Hall–Kier alpha value is -1.83. The molecule has 0 N–H and O–H groups in total. The van der Waals surface area contributed by atoms with Gasteiger partial charge >= 0.3 is 0 Å². The Labute approximate surface area is 156 Å². The van der Waals surface area contributed by atoms with Crippen LogP contribution in [0, 0.1) is 6.92 Å². The average Bonchev–Trinajstić information content (AvgIpc) is 3.27.